The van der Waals surface area contributed by atoms with E-state index in [0.29, 0.717) is 12.5 Å². The van der Waals surface area contributed by atoms with Crippen molar-refractivity contribution in [3.8, 4) is 11.1 Å². The van der Waals surface area contributed by atoms with Gasteiger partial charge < -0.3 is 15.3 Å². The van der Waals surface area contributed by atoms with Crippen LogP contribution in [-0.2, 0) is 6.54 Å². The first-order chi connectivity index (χ1) is 11.8. The van der Waals surface area contributed by atoms with E-state index in [2.05, 4.69) is 30.2 Å². The maximum absolute atomic E-state index is 11.3. The van der Waals surface area contributed by atoms with Crippen LogP contribution in [0.4, 0.5) is 5.95 Å². The van der Waals surface area contributed by atoms with Crippen LogP contribution in [-0.4, -0.2) is 24.9 Å². The van der Waals surface area contributed by atoms with Crippen molar-refractivity contribution in [3.63, 3.8) is 0 Å². The molecule has 24 heavy (non-hydrogen) atoms. The highest BCUT2D eigenvalue weighted by Crippen LogP contribution is 2.21. The fourth-order valence-electron chi connectivity index (χ4n) is 2.46. The second-order valence-corrected chi connectivity index (χ2v) is 5.34. The fraction of sp³-hybridized carbons (Fsp3) is 0.0588. The molecule has 4 rings (SSSR count). The van der Waals surface area contributed by atoms with E-state index in [9.17, 15) is 4.79 Å². The summed E-state index contributed by atoms with van der Waals surface area (Å²) in [5, 5.41) is 3.17. The number of aromatic amines is 2. The van der Waals surface area contributed by atoms with E-state index in [1.54, 1.807) is 24.8 Å². The minimum absolute atomic E-state index is 0.214. The summed E-state index contributed by atoms with van der Waals surface area (Å²) in [6.45, 7) is 0.637. The van der Waals surface area contributed by atoms with Gasteiger partial charge in [0, 0.05) is 36.9 Å². The van der Waals surface area contributed by atoms with E-state index in [1.807, 2.05) is 30.3 Å². The third-order valence-corrected chi connectivity index (χ3v) is 3.70. The predicted octanol–water partition coefficient (Wildman–Crippen LogP) is 2.32. The zero-order chi connectivity index (χ0) is 16.4. The third-order valence-electron chi connectivity index (χ3n) is 3.70. The summed E-state index contributed by atoms with van der Waals surface area (Å²) in [6, 6.07) is 9.56. The standard InChI is InChI=1S/C17H14N6O/c24-17-22-14-2-1-12(7-15(14)23-17)13-9-20-16(21-10-13)19-8-11-3-5-18-6-4-11/h1-7,9-10H,8H2,(H,19,20,21)(H2,22,23,24). The molecule has 3 heterocycles. The Labute approximate surface area is 136 Å². The quantitative estimate of drug-likeness (QED) is 0.536. The molecule has 0 amide bonds. The number of hydrogen-bond acceptors (Lipinski definition) is 5. The lowest BCUT2D eigenvalue weighted by Gasteiger charge is -2.06. The topological polar surface area (TPSA) is 99.3 Å². The number of rotatable bonds is 4. The van der Waals surface area contributed by atoms with Crippen molar-refractivity contribution in [2.24, 2.45) is 0 Å². The highest BCUT2D eigenvalue weighted by atomic mass is 16.1. The molecule has 7 nitrogen and oxygen atoms in total. The molecule has 0 bridgehead atoms. The second kappa shape index (κ2) is 5.96. The Morgan fingerprint density at radius 3 is 2.46 bits per heavy atom. The van der Waals surface area contributed by atoms with Crippen molar-refractivity contribution < 1.29 is 0 Å². The molecule has 0 saturated heterocycles. The van der Waals surface area contributed by atoms with Crippen molar-refractivity contribution in [1.82, 2.24) is 24.9 Å². The molecule has 3 N–H and O–H groups in total. The molecule has 0 radical (unpaired) electrons. The number of nitrogens with one attached hydrogen (secondary N) is 3. The van der Waals surface area contributed by atoms with Crippen LogP contribution < -0.4 is 11.0 Å². The highest BCUT2D eigenvalue weighted by molar-refractivity contribution is 5.81. The maximum Gasteiger partial charge on any atom is 0.323 e. The molecule has 0 unspecified atom stereocenters. The minimum Gasteiger partial charge on any atom is -0.350 e. The molecular formula is C17H14N6O. The lowest BCUT2D eigenvalue weighted by molar-refractivity contribution is 1.05. The molecule has 7 heteroatoms. The van der Waals surface area contributed by atoms with Crippen molar-refractivity contribution in [2.45, 2.75) is 6.54 Å². The molecule has 0 spiro atoms. The number of pyridine rings is 1. The Morgan fingerprint density at radius 2 is 1.67 bits per heavy atom. The Hall–Kier alpha value is -3.48. The van der Waals surface area contributed by atoms with Gasteiger partial charge in [-0.2, -0.15) is 0 Å². The number of aromatic nitrogens is 5. The predicted molar refractivity (Wildman–Crippen MR) is 91.5 cm³/mol. The van der Waals surface area contributed by atoms with Crippen LogP contribution in [0.2, 0.25) is 0 Å². The molecule has 118 valence electrons. The molecule has 3 aromatic heterocycles. The van der Waals surface area contributed by atoms with Gasteiger partial charge in [-0.1, -0.05) is 6.07 Å². The van der Waals surface area contributed by atoms with Crippen LogP contribution in [0, 0.1) is 0 Å². The van der Waals surface area contributed by atoms with Crippen LogP contribution in [0.15, 0.2) is 59.9 Å². The lowest BCUT2D eigenvalue weighted by Crippen LogP contribution is -2.03. The van der Waals surface area contributed by atoms with Crippen molar-refractivity contribution in [2.75, 3.05) is 5.32 Å². The van der Waals surface area contributed by atoms with Crippen molar-refractivity contribution in [3.05, 3.63) is 71.2 Å². The van der Waals surface area contributed by atoms with E-state index in [1.165, 1.54) is 0 Å². The van der Waals surface area contributed by atoms with Crippen LogP contribution in [0.5, 0.6) is 0 Å². The minimum atomic E-state index is -0.214. The smallest absolute Gasteiger partial charge is 0.323 e. The largest absolute Gasteiger partial charge is 0.350 e. The van der Waals surface area contributed by atoms with Crippen LogP contribution in [0.1, 0.15) is 5.56 Å². The van der Waals surface area contributed by atoms with Gasteiger partial charge in [-0.3, -0.25) is 4.98 Å². The number of benzene rings is 1. The van der Waals surface area contributed by atoms with Crippen molar-refractivity contribution >= 4 is 17.0 Å². The number of hydrogen-bond donors (Lipinski definition) is 3. The first-order valence-electron chi connectivity index (χ1n) is 7.45. The van der Waals surface area contributed by atoms with E-state index >= 15 is 0 Å². The molecule has 0 fully saturated rings. The van der Waals surface area contributed by atoms with Crippen molar-refractivity contribution in [1.29, 1.82) is 0 Å². The monoisotopic (exact) mass is 318 g/mol. The van der Waals surface area contributed by atoms with Gasteiger partial charge in [0.25, 0.3) is 0 Å². The summed E-state index contributed by atoms with van der Waals surface area (Å²) in [7, 11) is 0. The van der Waals surface area contributed by atoms with Gasteiger partial charge in [0.1, 0.15) is 0 Å². The normalized spacial score (nSPS) is 10.8. The molecule has 0 aliphatic carbocycles. The molecule has 0 aliphatic heterocycles. The summed E-state index contributed by atoms with van der Waals surface area (Å²) >= 11 is 0. The molecular weight excluding hydrogens is 304 g/mol. The average molecular weight is 318 g/mol. The Morgan fingerprint density at radius 1 is 0.917 bits per heavy atom. The molecule has 4 aromatic rings. The molecule has 0 saturated carbocycles. The molecule has 0 aliphatic rings. The maximum atomic E-state index is 11.3. The highest BCUT2D eigenvalue weighted by Gasteiger charge is 2.04. The third kappa shape index (κ3) is 2.87. The molecule has 0 atom stereocenters. The first kappa shape index (κ1) is 14.1. The number of fused-ring (bicyclic) bond motifs is 1. The van der Waals surface area contributed by atoms with Gasteiger partial charge in [-0.05, 0) is 35.4 Å². The van der Waals surface area contributed by atoms with Gasteiger partial charge >= 0.3 is 5.69 Å². The number of nitrogens with zero attached hydrogens (tertiary/aromatic N) is 3. The van der Waals surface area contributed by atoms with Crippen LogP contribution >= 0.6 is 0 Å². The van der Waals surface area contributed by atoms with E-state index in [4.69, 9.17) is 0 Å². The Bertz CT molecular complexity index is 1020. The zero-order valence-electron chi connectivity index (χ0n) is 12.7. The van der Waals surface area contributed by atoms with Crippen LogP contribution in [0.25, 0.3) is 22.2 Å². The Kier molecular flexibility index (Phi) is 3.51. The number of anilines is 1. The van der Waals surface area contributed by atoms with Gasteiger partial charge in [-0.15, -0.1) is 0 Å². The Balaban J connectivity index is 1.53. The SMILES string of the molecule is O=c1[nH]c2ccc(-c3cnc(NCc4ccncc4)nc3)cc2[nH]1. The van der Waals surface area contributed by atoms with E-state index in [-0.39, 0.29) is 5.69 Å². The number of H-pyrrole nitrogens is 2. The summed E-state index contributed by atoms with van der Waals surface area (Å²) in [5.41, 5.74) is 4.26. The van der Waals surface area contributed by atoms with Gasteiger partial charge in [0.2, 0.25) is 5.95 Å². The average Bonchev–Trinajstić information content (AvgIpc) is 3.00. The van der Waals surface area contributed by atoms with E-state index in [0.717, 1.165) is 27.7 Å². The summed E-state index contributed by atoms with van der Waals surface area (Å²) in [5.74, 6) is 0.562. The van der Waals surface area contributed by atoms with Gasteiger partial charge in [-0.25, -0.2) is 14.8 Å². The van der Waals surface area contributed by atoms with E-state index < -0.39 is 0 Å². The van der Waals surface area contributed by atoms with Gasteiger partial charge in [0.15, 0.2) is 0 Å². The summed E-state index contributed by atoms with van der Waals surface area (Å²) in [6.07, 6.45) is 7.02. The lowest BCUT2D eigenvalue weighted by atomic mass is 10.1. The van der Waals surface area contributed by atoms with Gasteiger partial charge in [0.05, 0.1) is 11.0 Å². The number of imidazole rings is 1. The second-order valence-electron chi connectivity index (χ2n) is 5.34. The molecule has 1 aromatic carbocycles. The zero-order valence-corrected chi connectivity index (χ0v) is 12.7. The van der Waals surface area contributed by atoms with Crippen LogP contribution in [0.3, 0.4) is 0 Å². The summed E-state index contributed by atoms with van der Waals surface area (Å²) in [4.78, 5) is 29.5. The first-order valence-corrected chi connectivity index (χ1v) is 7.45. The fourth-order valence-corrected chi connectivity index (χ4v) is 2.46. The summed E-state index contributed by atoms with van der Waals surface area (Å²) < 4.78 is 0.